The number of hydrogen-bond donors (Lipinski definition) is 2. The third-order valence-corrected chi connectivity index (χ3v) is 5.65. The van der Waals surface area contributed by atoms with E-state index in [1.165, 1.54) is 5.56 Å². The van der Waals surface area contributed by atoms with Gasteiger partial charge in [0.1, 0.15) is 12.1 Å². The molecule has 1 aliphatic heterocycles. The van der Waals surface area contributed by atoms with Crippen LogP contribution in [0.2, 0.25) is 0 Å². The van der Waals surface area contributed by atoms with Crippen molar-refractivity contribution >= 4 is 11.8 Å². The number of aromatic nitrogens is 2. The maximum atomic E-state index is 5.60. The third-order valence-electron chi connectivity index (χ3n) is 5.65. The number of pyridine rings is 1. The second-order valence-electron chi connectivity index (χ2n) is 7.73. The van der Waals surface area contributed by atoms with Crippen molar-refractivity contribution in [2.75, 3.05) is 44.7 Å². The molecule has 3 aromatic rings. The Balaban J connectivity index is 1.28. The lowest BCUT2D eigenvalue weighted by Crippen LogP contribution is -2.46. The molecule has 0 bridgehead atoms. The molecule has 0 radical (unpaired) electrons. The van der Waals surface area contributed by atoms with Crippen LogP contribution >= 0.6 is 0 Å². The first kappa shape index (κ1) is 21.8. The first-order chi connectivity index (χ1) is 15.7. The van der Waals surface area contributed by atoms with Gasteiger partial charge < -0.3 is 24.9 Å². The molecule has 1 aromatic carbocycles. The van der Waals surface area contributed by atoms with Crippen LogP contribution in [0.15, 0.2) is 64.3 Å². The van der Waals surface area contributed by atoms with E-state index in [9.17, 15) is 0 Å². The van der Waals surface area contributed by atoms with Crippen molar-refractivity contribution in [2.45, 2.75) is 20.0 Å². The summed E-state index contributed by atoms with van der Waals surface area (Å²) < 4.78 is 5.60. The van der Waals surface area contributed by atoms with Gasteiger partial charge >= 0.3 is 0 Å². The zero-order valence-corrected chi connectivity index (χ0v) is 18.8. The van der Waals surface area contributed by atoms with E-state index >= 15 is 0 Å². The quantitative estimate of drug-likeness (QED) is 0.438. The number of benzene rings is 1. The molecule has 8 nitrogen and oxygen atoms in total. The van der Waals surface area contributed by atoms with Crippen LogP contribution in [0.5, 0.6) is 0 Å². The summed E-state index contributed by atoms with van der Waals surface area (Å²) in [6.07, 6.45) is 3.56. The van der Waals surface area contributed by atoms with Gasteiger partial charge in [0.2, 0.25) is 5.89 Å². The Labute approximate surface area is 189 Å². The van der Waals surface area contributed by atoms with Crippen LogP contribution in [0, 0.1) is 0 Å². The summed E-state index contributed by atoms with van der Waals surface area (Å²) in [7, 11) is 1.76. The van der Waals surface area contributed by atoms with Crippen LogP contribution in [-0.4, -0.2) is 60.6 Å². The summed E-state index contributed by atoms with van der Waals surface area (Å²) in [4.78, 5) is 18.3. The highest BCUT2D eigenvalue weighted by Gasteiger charge is 2.17. The van der Waals surface area contributed by atoms with E-state index in [0.29, 0.717) is 24.9 Å². The fourth-order valence-electron chi connectivity index (χ4n) is 3.72. The SMILES string of the molecule is CCN1CCN(c2cc(CNC(=NC)NCc3coc(-c4ccccc4)n3)ccn2)CC1. The number of rotatable bonds is 7. The second kappa shape index (κ2) is 10.8. The summed E-state index contributed by atoms with van der Waals surface area (Å²) in [5.74, 6) is 2.37. The van der Waals surface area contributed by atoms with Gasteiger partial charge in [0.15, 0.2) is 5.96 Å². The molecule has 0 aliphatic carbocycles. The van der Waals surface area contributed by atoms with Crippen molar-refractivity contribution in [1.29, 1.82) is 0 Å². The Bertz CT molecular complexity index is 1010. The summed E-state index contributed by atoms with van der Waals surface area (Å²) in [5, 5.41) is 6.66. The van der Waals surface area contributed by atoms with Crippen molar-refractivity contribution in [3.63, 3.8) is 0 Å². The van der Waals surface area contributed by atoms with Crippen molar-refractivity contribution in [3.05, 3.63) is 66.2 Å². The smallest absolute Gasteiger partial charge is 0.226 e. The number of guanidine groups is 1. The number of hydrogen-bond acceptors (Lipinski definition) is 6. The number of likely N-dealkylation sites (N-methyl/N-ethyl adjacent to an activating group) is 1. The zero-order valence-electron chi connectivity index (χ0n) is 18.8. The lowest BCUT2D eigenvalue weighted by atomic mass is 10.2. The van der Waals surface area contributed by atoms with Gasteiger partial charge in [-0.1, -0.05) is 25.1 Å². The zero-order chi connectivity index (χ0) is 22.2. The molecule has 32 heavy (non-hydrogen) atoms. The van der Waals surface area contributed by atoms with E-state index in [0.717, 1.165) is 49.8 Å². The molecule has 2 N–H and O–H groups in total. The average molecular weight is 434 g/mol. The molecule has 0 atom stereocenters. The maximum absolute atomic E-state index is 5.60. The van der Waals surface area contributed by atoms with Crippen LogP contribution in [0.1, 0.15) is 18.2 Å². The average Bonchev–Trinajstić information content (AvgIpc) is 3.34. The molecule has 0 amide bonds. The van der Waals surface area contributed by atoms with E-state index in [4.69, 9.17) is 4.42 Å². The highest BCUT2D eigenvalue weighted by atomic mass is 16.3. The minimum atomic E-state index is 0.527. The first-order valence-electron chi connectivity index (χ1n) is 11.1. The Hall–Kier alpha value is -3.39. The number of anilines is 1. The van der Waals surface area contributed by atoms with Gasteiger partial charge in [-0.25, -0.2) is 9.97 Å². The molecule has 1 saturated heterocycles. The molecule has 1 fully saturated rings. The summed E-state index contributed by atoms with van der Waals surface area (Å²) in [5.41, 5.74) is 2.96. The van der Waals surface area contributed by atoms with Crippen LogP contribution in [0.25, 0.3) is 11.5 Å². The fraction of sp³-hybridized carbons (Fsp3) is 0.375. The number of nitrogens with one attached hydrogen (secondary N) is 2. The van der Waals surface area contributed by atoms with Gasteiger partial charge in [0.05, 0.1) is 12.2 Å². The van der Waals surface area contributed by atoms with Gasteiger partial charge in [-0.3, -0.25) is 4.99 Å². The topological polar surface area (TPSA) is 81.8 Å². The third kappa shape index (κ3) is 5.64. The van der Waals surface area contributed by atoms with Crippen LogP contribution in [0.3, 0.4) is 0 Å². The van der Waals surface area contributed by atoms with E-state index in [1.807, 2.05) is 42.6 Å². The van der Waals surface area contributed by atoms with Gasteiger partial charge in [0.25, 0.3) is 0 Å². The van der Waals surface area contributed by atoms with E-state index in [1.54, 1.807) is 13.3 Å². The molecule has 0 spiro atoms. The Morgan fingerprint density at radius 1 is 1.06 bits per heavy atom. The molecule has 1 aliphatic rings. The van der Waals surface area contributed by atoms with Gasteiger partial charge in [-0.15, -0.1) is 0 Å². The number of oxazole rings is 1. The maximum Gasteiger partial charge on any atom is 0.226 e. The molecular weight excluding hydrogens is 402 g/mol. The highest BCUT2D eigenvalue weighted by Crippen LogP contribution is 2.18. The molecule has 2 aromatic heterocycles. The predicted octanol–water partition coefficient (Wildman–Crippen LogP) is 2.74. The molecule has 8 heteroatoms. The van der Waals surface area contributed by atoms with Crippen LogP contribution in [-0.2, 0) is 13.1 Å². The van der Waals surface area contributed by atoms with E-state index < -0.39 is 0 Å². The lowest BCUT2D eigenvalue weighted by molar-refractivity contribution is 0.270. The fourth-order valence-corrected chi connectivity index (χ4v) is 3.72. The monoisotopic (exact) mass is 433 g/mol. The van der Waals surface area contributed by atoms with E-state index in [2.05, 4.69) is 48.4 Å². The molecular formula is C24H31N7O. The summed E-state index contributed by atoms with van der Waals surface area (Å²) in [6, 6.07) is 14.1. The number of aliphatic imine (C=N–C) groups is 1. The predicted molar refractivity (Wildman–Crippen MR) is 128 cm³/mol. The van der Waals surface area contributed by atoms with Crippen LogP contribution < -0.4 is 15.5 Å². The first-order valence-corrected chi connectivity index (χ1v) is 11.1. The van der Waals surface area contributed by atoms with Gasteiger partial charge in [0, 0.05) is 51.5 Å². The number of nitrogens with zero attached hydrogens (tertiary/aromatic N) is 5. The standard InChI is InChI=1S/C24H31N7O/c1-3-30-11-13-31(14-12-30)22-15-19(9-10-26-22)16-27-24(25-2)28-17-21-18-32-23(29-21)20-7-5-4-6-8-20/h4-10,15,18H,3,11-14,16-17H2,1-2H3,(H2,25,27,28). The van der Waals surface area contributed by atoms with Crippen molar-refractivity contribution < 1.29 is 4.42 Å². The number of piperazine rings is 1. The molecule has 4 rings (SSSR count). The van der Waals surface area contributed by atoms with Gasteiger partial charge in [-0.05, 0) is 36.4 Å². The Kier molecular flexibility index (Phi) is 7.34. The largest absolute Gasteiger partial charge is 0.444 e. The van der Waals surface area contributed by atoms with Crippen molar-refractivity contribution in [2.24, 2.45) is 4.99 Å². The second-order valence-corrected chi connectivity index (χ2v) is 7.73. The van der Waals surface area contributed by atoms with Gasteiger partial charge in [-0.2, -0.15) is 0 Å². The molecule has 0 unspecified atom stereocenters. The lowest BCUT2D eigenvalue weighted by Gasteiger charge is -2.34. The molecule has 3 heterocycles. The molecule has 168 valence electrons. The highest BCUT2D eigenvalue weighted by molar-refractivity contribution is 5.79. The summed E-state index contributed by atoms with van der Waals surface area (Å²) in [6.45, 7) is 8.73. The molecule has 0 saturated carbocycles. The van der Waals surface area contributed by atoms with E-state index in [-0.39, 0.29) is 0 Å². The minimum absolute atomic E-state index is 0.527. The van der Waals surface area contributed by atoms with Crippen molar-refractivity contribution in [1.82, 2.24) is 25.5 Å². The van der Waals surface area contributed by atoms with Crippen LogP contribution in [0.4, 0.5) is 5.82 Å². The van der Waals surface area contributed by atoms with Crippen molar-refractivity contribution in [3.8, 4) is 11.5 Å². The normalized spacial score (nSPS) is 15.1. The summed E-state index contributed by atoms with van der Waals surface area (Å²) >= 11 is 0. The minimum Gasteiger partial charge on any atom is -0.444 e. The Morgan fingerprint density at radius 3 is 2.59 bits per heavy atom. The Morgan fingerprint density at radius 2 is 1.84 bits per heavy atom.